The average Bonchev–Trinajstić information content (AvgIpc) is 2.37. The standard InChI is InChI=1S/C14H19F2NO3/c1-4-9(2)17-14(3,12(18)19)10-6-5-7-11(8-10)20-13(15)16/h5-9,13,17H,4H2,1-3H3,(H,18,19). The molecule has 2 N–H and O–H groups in total. The number of hydrogen-bond acceptors (Lipinski definition) is 3. The van der Waals surface area contributed by atoms with E-state index in [4.69, 9.17) is 0 Å². The minimum atomic E-state index is -2.94. The van der Waals surface area contributed by atoms with Gasteiger partial charge in [0.25, 0.3) is 0 Å². The van der Waals surface area contributed by atoms with E-state index in [2.05, 4.69) is 10.1 Å². The van der Waals surface area contributed by atoms with E-state index in [9.17, 15) is 18.7 Å². The summed E-state index contributed by atoms with van der Waals surface area (Å²) < 4.78 is 28.7. The van der Waals surface area contributed by atoms with Crippen LogP contribution in [0.4, 0.5) is 8.78 Å². The van der Waals surface area contributed by atoms with Gasteiger partial charge in [0.15, 0.2) is 0 Å². The van der Waals surface area contributed by atoms with Crippen molar-refractivity contribution in [1.82, 2.24) is 5.32 Å². The van der Waals surface area contributed by atoms with Gasteiger partial charge in [0.1, 0.15) is 11.3 Å². The molecule has 0 fully saturated rings. The summed E-state index contributed by atoms with van der Waals surface area (Å²) in [6.45, 7) is 2.35. The molecule has 0 heterocycles. The van der Waals surface area contributed by atoms with E-state index in [0.29, 0.717) is 5.56 Å². The van der Waals surface area contributed by atoms with Gasteiger partial charge in [-0.25, -0.2) is 4.79 Å². The molecule has 0 amide bonds. The first kappa shape index (κ1) is 16.4. The molecule has 0 bridgehead atoms. The lowest BCUT2D eigenvalue weighted by Crippen LogP contribution is -2.50. The van der Waals surface area contributed by atoms with E-state index in [1.54, 1.807) is 6.07 Å². The number of carbonyl (C=O) groups is 1. The second-order valence-electron chi connectivity index (χ2n) is 4.79. The minimum Gasteiger partial charge on any atom is -0.480 e. The van der Waals surface area contributed by atoms with Gasteiger partial charge in [-0.15, -0.1) is 0 Å². The van der Waals surface area contributed by atoms with E-state index in [-0.39, 0.29) is 11.8 Å². The van der Waals surface area contributed by atoms with Crippen LogP contribution >= 0.6 is 0 Å². The zero-order valence-electron chi connectivity index (χ0n) is 11.7. The van der Waals surface area contributed by atoms with E-state index < -0.39 is 18.1 Å². The number of ether oxygens (including phenoxy) is 1. The number of halogens is 2. The van der Waals surface area contributed by atoms with Crippen molar-refractivity contribution in [2.75, 3.05) is 0 Å². The molecule has 0 radical (unpaired) electrons. The molecule has 0 aliphatic carbocycles. The van der Waals surface area contributed by atoms with E-state index in [1.807, 2.05) is 13.8 Å². The summed E-state index contributed by atoms with van der Waals surface area (Å²) in [6, 6.07) is 5.71. The van der Waals surface area contributed by atoms with Crippen LogP contribution in [0.1, 0.15) is 32.8 Å². The lowest BCUT2D eigenvalue weighted by atomic mass is 9.90. The average molecular weight is 287 g/mol. The summed E-state index contributed by atoms with van der Waals surface area (Å²) in [4.78, 5) is 11.6. The maximum atomic E-state index is 12.2. The Morgan fingerprint density at radius 2 is 2.15 bits per heavy atom. The van der Waals surface area contributed by atoms with Gasteiger partial charge in [-0.3, -0.25) is 5.32 Å². The maximum absolute atomic E-state index is 12.2. The Hall–Kier alpha value is -1.69. The molecule has 2 atom stereocenters. The smallest absolute Gasteiger partial charge is 0.387 e. The summed E-state index contributed by atoms with van der Waals surface area (Å²) in [7, 11) is 0. The lowest BCUT2D eigenvalue weighted by molar-refractivity contribution is -0.145. The predicted molar refractivity (Wildman–Crippen MR) is 71.0 cm³/mol. The van der Waals surface area contributed by atoms with Crippen LogP contribution in [0.2, 0.25) is 0 Å². The molecule has 0 spiro atoms. The van der Waals surface area contributed by atoms with Crippen molar-refractivity contribution in [2.24, 2.45) is 0 Å². The summed E-state index contributed by atoms with van der Waals surface area (Å²) in [5, 5.41) is 12.4. The van der Waals surface area contributed by atoms with Crippen LogP contribution in [0.15, 0.2) is 24.3 Å². The van der Waals surface area contributed by atoms with E-state index in [0.717, 1.165) is 6.42 Å². The molecule has 4 nitrogen and oxygen atoms in total. The quantitative estimate of drug-likeness (QED) is 0.809. The van der Waals surface area contributed by atoms with Crippen molar-refractivity contribution in [2.45, 2.75) is 45.4 Å². The molecule has 1 aromatic rings. The highest BCUT2D eigenvalue weighted by Gasteiger charge is 2.36. The van der Waals surface area contributed by atoms with Crippen LogP contribution in [0.3, 0.4) is 0 Å². The highest BCUT2D eigenvalue weighted by atomic mass is 19.3. The molecule has 112 valence electrons. The first-order chi connectivity index (χ1) is 9.29. The van der Waals surface area contributed by atoms with Crippen molar-refractivity contribution in [3.63, 3.8) is 0 Å². The predicted octanol–water partition coefficient (Wildman–Crippen LogP) is 2.98. The van der Waals surface area contributed by atoms with Crippen molar-refractivity contribution in [1.29, 1.82) is 0 Å². The molecule has 0 saturated heterocycles. The third-order valence-electron chi connectivity index (χ3n) is 3.21. The fraction of sp³-hybridized carbons (Fsp3) is 0.500. The molecular formula is C14H19F2NO3. The largest absolute Gasteiger partial charge is 0.480 e. The maximum Gasteiger partial charge on any atom is 0.387 e. The molecule has 0 aliphatic heterocycles. The van der Waals surface area contributed by atoms with Gasteiger partial charge in [-0.1, -0.05) is 19.1 Å². The highest BCUT2D eigenvalue weighted by Crippen LogP contribution is 2.26. The van der Waals surface area contributed by atoms with Crippen molar-refractivity contribution >= 4 is 5.97 Å². The lowest BCUT2D eigenvalue weighted by Gasteiger charge is -2.30. The van der Waals surface area contributed by atoms with Gasteiger partial charge in [0.05, 0.1) is 0 Å². The number of rotatable bonds is 7. The number of alkyl halides is 2. The number of hydrogen-bond donors (Lipinski definition) is 2. The Morgan fingerprint density at radius 3 is 2.65 bits per heavy atom. The zero-order chi connectivity index (χ0) is 15.3. The second-order valence-corrected chi connectivity index (χ2v) is 4.79. The third kappa shape index (κ3) is 3.90. The van der Waals surface area contributed by atoms with E-state index >= 15 is 0 Å². The minimum absolute atomic E-state index is 0.0317. The monoisotopic (exact) mass is 287 g/mol. The van der Waals surface area contributed by atoms with Crippen LogP contribution in [-0.2, 0) is 10.3 Å². The zero-order valence-corrected chi connectivity index (χ0v) is 11.7. The third-order valence-corrected chi connectivity index (χ3v) is 3.21. The van der Waals surface area contributed by atoms with Gasteiger partial charge < -0.3 is 9.84 Å². The van der Waals surface area contributed by atoms with Gasteiger partial charge in [0.2, 0.25) is 0 Å². The fourth-order valence-corrected chi connectivity index (χ4v) is 1.85. The second kappa shape index (κ2) is 6.65. The van der Waals surface area contributed by atoms with Crippen LogP contribution < -0.4 is 10.1 Å². The molecular weight excluding hydrogens is 268 g/mol. The van der Waals surface area contributed by atoms with Gasteiger partial charge >= 0.3 is 12.6 Å². The van der Waals surface area contributed by atoms with Crippen LogP contribution in [0.5, 0.6) is 5.75 Å². The Morgan fingerprint density at radius 1 is 1.50 bits per heavy atom. The first-order valence-electron chi connectivity index (χ1n) is 6.36. The molecule has 0 aromatic heterocycles. The van der Waals surface area contributed by atoms with Crippen molar-refractivity contribution in [3.8, 4) is 5.75 Å². The van der Waals surface area contributed by atoms with Gasteiger partial charge in [-0.2, -0.15) is 8.78 Å². The molecule has 1 rings (SSSR count). The Balaban J connectivity index is 3.11. The summed E-state index contributed by atoms with van der Waals surface area (Å²) in [5.74, 6) is -1.14. The first-order valence-corrected chi connectivity index (χ1v) is 6.36. The number of benzene rings is 1. The van der Waals surface area contributed by atoms with Crippen LogP contribution in [-0.4, -0.2) is 23.7 Å². The summed E-state index contributed by atoms with van der Waals surface area (Å²) in [6.07, 6.45) is 0.746. The van der Waals surface area contributed by atoms with Crippen LogP contribution in [0, 0.1) is 0 Å². The molecule has 0 saturated carbocycles. The van der Waals surface area contributed by atoms with Crippen LogP contribution in [0.25, 0.3) is 0 Å². The fourth-order valence-electron chi connectivity index (χ4n) is 1.85. The van der Waals surface area contributed by atoms with Crippen molar-refractivity contribution < 1.29 is 23.4 Å². The number of nitrogens with one attached hydrogen (secondary N) is 1. The van der Waals surface area contributed by atoms with Crippen molar-refractivity contribution in [3.05, 3.63) is 29.8 Å². The van der Waals surface area contributed by atoms with Gasteiger partial charge in [0, 0.05) is 6.04 Å². The Bertz CT molecular complexity index is 467. The number of carboxylic acids is 1. The summed E-state index contributed by atoms with van der Waals surface area (Å²) in [5.41, 5.74) is -1.000. The number of carboxylic acid groups (broad SMARTS) is 1. The Labute approximate surface area is 116 Å². The van der Waals surface area contributed by atoms with Gasteiger partial charge in [-0.05, 0) is 38.0 Å². The molecule has 2 unspecified atom stereocenters. The van der Waals surface area contributed by atoms with E-state index in [1.165, 1.54) is 25.1 Å². The molecule has 6 heteroatoms. The SMILES string of the molecule is CCC(C)NC(C)(C(=O)O)c1cccc(OC(F)F)c1. The molecule has 1 aromatic carbocycles. The highest BCUT2D eigenvalue weighted by molar-refractivity contribution is 5.80. The molecule has 0 aliphatic rings. The Kier molecular flexibility index (Phi) is 5.44. The normalized spacial score (nSPS) is 15.7. The number of aliphatic carboxylic acids is 1. The molecule has 20 heavy (non-hydrogen) atoms. The summed E-state index contributed by atoms with van der Waals surface area (Å²) >= 11 is 0. The topological polar surface area (TPSA) is 58.6 Å².